The third-order valence-corrected chi connectivity index (χ3v) is 4.45. The monoisotopic (exact) mass is 384 g/mol. The lowest BCUT2D eigenvalue weighted by Crippen LogP contribution is -2.32. The van der Waals surface area contributed by atoms with Crippen molar-refractivity contribution in [1.29, 1.82) is 0 Å². The van der Waals surface area contributed by atoms with Crippen LogP contribution in [0.25, 0.3) is 0 Å². The van der Waals surface area contributed by atoms with Gasteiger partial charge in [-0.3, -0.25) is 14.4 Å². The molecule has 0 radical (unpaired) electrons. The second-order valence-corrected chi connectivity index (χ2v) is 6.80. The Morgan fingerprint density at radius 1 is 1.14 bits per heavy atom. The van der Waals surface area contributed by atoms with Crippen molar-refractivity contribution < 1.29 is 9.59 Å². The molecule has 1 unspecified atom stereocenters. The number of nitrogens with zero attached hydrogens (tertiary/aromatic N) is 2. The lowest BCUT2D eigenvalue weighted by molar-refractivity contribution is 0.0935. The summed E-state index contributed by atoms with van der Waals surface area (Å²) in [6.45, 7) is 6.74. The van der Waals surface area contributed by atoms with Gasteiger partial charge < -0.3 is 10.6 Å². The Morgan fingerprint density at radius 3 is 2.64 bits per heavy atom. The number of hydrogen-bond donors (Lipinski definition) is 2. The molecular formula is C21H28N4O3. The lowest BCUT2D eigenvalue weighted by atomic mass is 10.1. The Morgan fingerprint density at radius 2 is 1.93 bits per heavy atom. The van der Waals surface area contributed by atoms with Gasteiger partial charge in [0.15, 0.2) is 0 Å². The van der Waals surface area contributed by atoms with Gasteiger partial charge in [0.1, 0.15) is 5.69 Å². The number of aryl methyl sites for hydroxylation is 1. The van der Waals surface area contributed by atoms with Crippen LogP contribution in [0.1, 0.15) is 66.4 Å². The standard InChI is InChI=1S/C21H28N4O3/c1-4-6-12-25-19(26)11-10-18(24-25)21(28)22-14-16-8-7-9-17(13-16)20(27)23-15(3)5-2/h7-11,13,15H,4-6,12,14H2,1-3H3,(H,22,28)(H,23,27). The molecule has 150 valence electrons. The third-order valence-electron chi connectivity index (χ3n) is 4.45. The molecular weight excluding hydrogens is 356 g/mol. The van der Waals surface area contributed by atoms with E-state index >= 15 is 0 Å². The normalized spacial score (nSPS) is 11.7. The lowest BCUT2D eigenvalue weighted by Gasteiger charge is -2.12. The summed E-state index contributed by atoms with van der Waals surface area (Å²) >= 11 is 0. The average molecular weight is 384 g/mol. The molecule has 7 nitrogen and oxygen atoms in total. The van der Waals surface area contributed by atoms with Gasteiger partial charge in [-0.05, 0) is 43.5 Å². The van der Waals surface area contributed by atoms with E-state index in [1.165, 1.54) is 16.8 Å². The summed E-state index contributed by atoms with van der Waals surface area (Å²) in [5.41, 5.74) is 1.34. The van der Waals surface area contributed by atoms with E-state index in [1.807, 2.05) is 26.8 Å². The largest absolute Gasteiger partial charge is 0.350 e. The molecule has 2 aromatic rings. The summed E-state index contributed by atoms with van der Waals surface area (Å²) in [6.07, 6.45) is 2.61. The quantitative estimate of drug-likeness (QED) is 0.695. The van der Waals surface area contributed by atoms with Crippen LogP contribution in [0.2, 0.25) is 0 Å². The van der Waals surface area contributed by atoms with Crippen LogP contribution in [0.4, 0.5) is 0 Å². The molecule has 2 N–H and O–H groups in total. The number of rotatable bonds is 9. The van der Waals surface area contributed by atoms with Gasteiger partial charge in [-0.15, -0.1) is 0 Å². The van der Waals surface area contributed by atoms with Gasteiger partial charge in [0, 0.05) is 30.8 Å². The average Bonchev–Trinajstić information content (AvgIpc) is 2.71. The van der Waals surface area contributed by atoms with Gasteiger partial charge in [-0.2, -0.15) is 5.10 Å². The van der Waals surface area contributed by atoms with Crippen LogP contribution in [0.3, 0.4) is 0 Å². The highest BCUT2D eigenvalue weighted by atomic mass is 16.2. The van der Waals surface area contributed by atoms with Crippen molar-refractivity contribution >= 4 is 11.8 Å². The Balaban J connectivity index is 2.02. The Bertz CT molecular complexity index is 876. The maximum absolute atomic E-state index is 12.4. The van der Waals surface area contributed by atoms with E-state index in [4.69, 9.17) is 0 Å². The zero-order valence-corrected chi connectivity index (χ0v) is 16.7. The SMILES string of the molecule is CCCCn1nc(C(=O)NCc2cccc(C(=O)NC(C)CC)c2)ccc1=O. The summed E-state index contributed by atoms with van der Waals surface area (Å²) in [7, 11) is 0. The molecule has 0 fully saturated rings. The zero-order valence-electron chi connectivity index (χ0n) is 16.7. The van der Waals surface area contributed by atoms with E-state index < -0.39 is 0 Å². The molecule has 7 heteroatoms. The Hall–Kier alpha value is -2.96. The van der Waals surface area contributed by atoms with Crippen molar-refractivity contribution in [3.05, 3.63) is 63.6 Å². The highest BCUT2D eigenvalue weighted by Gasteiger charge is 2.11. The highest BCUT2D eigenvalue weighted by Crippen LogP contribution is 2.06. The number of carbonyl (C=O) groups excluding carboxylic acids is 2. The molecule has 0 aliphatic rings. The molecule has 1 heterocycles. The minimum absolute atomic E-state index is 0.102. The second-order valence-electron chi connectivity index (χ2n) is 6.80. The van der Waals surface area contributed by atoms with Crippen molar-refractivity contribution in [3.63, 3.8) is 0 Å². The maximum Gasteiger partial charge on any atom is 0.271 e. The number of aromatic nitrogens is 2. The molecule has 0 spiro atoms. The van der Waals surface area contributed by atoms with Crippen molar-refractivity contribution in [2.24, 2.45) is 0 Å². The van der Waals surface area contributed by atoms with Crippen LogP contribution in [0.5, 0.6) is 0 Å². The predicted molar refractivity (Wildman–Crippen MR) is 108 cm³/mol. The number of unbranched alkanes of at least 4 members (excludes halogenated alkanes) is 1. The topological polar surface area (TPSA) is 93.1 Å². The van der Waals surface area contributed by atoms with Gasteiger partial charge in [0.05, 0.1) is 0 Å². The van der Waals surface area contributed by atoms with Crippen molar-refractivity contribution in [2.75, 3.05) is 0 Å². The van der Waals surface area contributed by atoms with Crippen molar-refractivity contribution in [2.45, 2.75) is 59.2 Å². The fourth-order valence-corrected chi connectivity index (χ4v) is 2.54. The molecule has 2 amide bonds. The van der Waals surface area contributed by atoms with Crippen LogP contribution in [0, 0.1) is 0 Å². The molecule has 28 heavy (non-hydrogen) atoms. The van der Waals surface area contributed by atoms with Gasteiger partial charge in [0.25, 0.3) is 17.4 Å². The molecule has 1 aromatic carbocycles. The van der Waals surface area contributed by atoms with Gasteiger partial charge in [-0.1, -0.05) is 32.4 Å². The van der Waals surface area contributed by atoms with Gasteiger partial charge >= 0.3 is 0 Å². The fraction of sp³-hybridized carbons (Fsp3) is 0.429. The second kappa shape index (κ2) is 10.4. The van der Waals surface area contributed by atoms with E-state index in [0.717, 1.165) is 24.8 Å². The zero-order chi connectivity index (χ0) is 20.5. The first-order valence-corrected chi connectivity index (χ1v) is 9.70. The van der Waals surface area contributed by atoms with E-state index in [0.29, 0.717) is 12.1 Å². The molecule has 1 aromatic heterocycles. The van der Waals surface area contributed by atoms with Crippen LogP contribution in [-0.4, -0.2) is 27.6 Å². The first kappa shape index (κ1) is 21.3. The number of hydrogen-bond acceptors (Lipinski definition) is 4. The number of amides is 2. The number of nitrogens with one attached hydrogen (secondary N) is 2. The first-order chi connectivity index (χ1) is 13.4. The first-order valence-electron chi connectivity index (χ1n) is 9.70. The molecule has 0 saturated carbocycles. The number of carbonyl (C=O) groups is 2. The molecule has 2 rings (SSSR count). The fourth-order valence-electron chi connectivity index (χ4n) is 2.54. The van der Waals surface area contributed by atoms with E-state index in [9.17, 15) is 14.4 Å². The highest BCUT2D eigenvalue weighted by molar-refractivity contribution is 5.94. The molecule has 0 bridgehead atoms. The Kier molecular flexibility index (Phi) is 7.92. The summed E-state index contributed by atoms with van der Waals surface area (Å²) in [5.74, 6) is -0.494. The maximum atomic E-state index is 12.4. The van der Waals surface area contributed by atoms with E-state index in [1.54, 1.807) is 18.2 Å². The minimum Gasteiger partial charge on any atom is -0.350 e. The summed E-state index contributed by atoms with van der Waals surface area (Å²) in [6, 6.07) is 10.0. The predicted octanol–water partition coefficient (Wildman–Crippen LogP) is 2.50. The third kappa shape index (κ3) is 6.04. The molecule has 0 saturated heterocycles. The van der Waals surface area contributed by atoms with Crippen LogP contribution in [-0.2, 0) is 13.1 Å². The molecule has 0 aliphatic heterocycles. The summed E-state index contributed by atoms with van der Waals surface area (Å²) in [5, 5.41) is 9.85. The van der Waals surface area contributed by atoms with E-state index in [2.05, 4.69) is 15.7 Å². The van der Waals surface area contributed by atoms with Crippen LogP contribution >= 0.6 is 0 Å². The molecule has 1 atom stereocenters. The minimum atomic E-state index is -0.361. The van der Waals surface area contributed by atoms with Crippen molar-refractivity contribution in [1.82, 2.24) is 20.4 Å². The summed E-state index contributed by atoms with van der Waals surface area (Å²) < 4.78 is 1.32. The number of benzene rings is 1. The Labute approximate surface area is 165 Å². The van der Waals surface area contributed by atoms with Crippen molar-refractivity contribution in [3.8, 4) is 0 Å². The van der Waals surface area contributed by atoms with Crippen LogP contribution < -0.4 is 16.2 Å². The van der Waals surface area contributed by atoms with E-state index in [-0.39, 0.29) is 35.7 Å². The summed E-state index contributed by atoms with van der Waals surface area (Å²) in [4.78, 5) is 36.4. The van der Waals surface area contributed by atoms with Crippen LogP contribution in [0.15, 0.2) is 41.2 Å². The smallest absolute Gasteiger partial charge is 0.271 e. The molecule has 0 aliphatic carbocycles. The van der Waals surface area contributed by atoms with Gasteiger partial charge in [0.2, 0.25) is 0 Å². The van der Waals surface area contributed by atoms with Gasteiger partial charge in [-0.25, -0.2) is 4.68 Å².